The topological polar surface area (TPSA) is 87.3 Å². The molecule has 0 amide bonds. The predicted octanol–water partition coefficient (Wildman–Crippen LogP) is 2.33. The number of hydrogen-bond acceptors (Lipinski definition) is 7. The largest absolute Gasteiger partial charge is 0.486 e. The lowest BCUT2D eigenvalue weighted by Crippen LogP contribution is -2.15. The van der Waals surface area contributed by atoms with Gasteiger partial charge in [0.1, 0.15) is 19.5 Å². The van der Waals surface area contributed by atoms with Crippen molar-refractivity contribution in [2.45, 2.75) is 6.92 Å². The summed E-state index contributed by atoms with van der Waals surface area (Å²) in [5.41, 5.74) is 3.44. The Morgan fingerprint density at radius 1 is 1.04 bits per heavy atom. The number of rotatable bonds is 2. The molecular weight excluding hydrogens is 332 g/mol. The molecule has 0 unspecified atom stereocenters. The summed E-state index contributed by atoms with van der Waals surface area (Å²) in [6, 6.07) is 7.53. The molecule has 0 N–H and O–H groups in total. The highest BCUT2D eigenvalue weighted by Crippen LogP contribution is 2.33. The lowest BCUT2D eigenvalue weighted by molar-refractivity contribution is 0.171. The van der Waals surface area contributed by atoms with E-state index >= 15 is 0 Å². The fourth-order valence-electron chi connectivity index (χ4n) is 2.95. The zero-order valence-electron chi connectivity index (χ0n) is 14.0. The van der Waals surface area contributed by atoms with Gasteiger partial charge in [0.05, 0.1) is 11.4 Å². The molecule has 128 valence electrons. The Hall–Kier alpha value is -3.55. The molecule has 4 aromatic rings. The summed E-state index contributed by atoms with van der Waals surface area (Å²) in [6.07, 6.45) is 4.98. The van der Waals surface area contributed by atoms with E-state index in [1.54, 1.807) is 16.9 Å². The summed E-state index contributed by atoms with van der Waals surface area (Å²) in [5.74, 6) is 2.56. The van der Waals surface area contributed by atoms with Crippen molar-refractivity contribution in [3.8, 4) is 34.1 Å². The molecule has 0 fully saturated rings. The van der Waals surface area contributed by atoms with E-state index in [1.807, 2.05) is 31.2 Å². The summed E-state index contributed by atoms with van der Waals surface area (Å²) in [4.78, 5) is 17.2. The number of benzene rings is 1. The quantitative estimate of drug-likeness (QED) is 0.550. The van der Waals surface area contributed by atoms with Crippen LogP contribution in [0.4, 0.5) is 0 Å². The summed E-state index contributed by atoms with van der Waals surface area (Å²) in [7, 11) is 0. The Bertz CT molecular complexity index is 1110. The second-order valence-corrected chi connectivity index (χ2v) is 5.86. The van der Waals surface area contributed by atoms with Crippen molar-refractivity contribution in [2.75, 3.05) is 13.2 Å². The number of aromatic nitrogens is 6. The van der Waals surface area contributed by atoms with Crippen LogP contribution in [0.2, 0.25) is 0 Å². The smallest absolute Gasteiger partial charge is 0.252 e. The first-order valence-corrected chi connectivity index (χ1v) is 8.18. The summed E-state index contributed by atoms with van der Waals surface area (Å²) in [6.45, 7) is 3.07. The van der Waals surface area contributed by atoms with Crippen molar-refractivity contribution in [3.63, 3.8) is 0 Å². The molecule has 26 heavy (non-hydrogen) atoms. The van der Waals surface area contributed by atoms with E-state index < -0.39 is 0 Å². The Kier molecular flexibility index (Phi) is 3.27. The summed E-state index contributed by atoms with van der Waals surface area (Å²) >= 11 is 0. The third-order valence-corrected chi connectivity index (χ3v) is 4.26. The van der Waals surface area contributed by atoms with Crippen LogP contribution < -0.4 is 9.47 Å². The van der Waals surface area contributed by atoms with Crippen LogP contribution in [0.25, 0.3) is 28.4 Å². The molecule has 5 rings (SSSR count). The molecule has 4 heterocycles. The number of hydrogen-bond donors (Lipinski definition) is 0. The third kappa shape index (κ3) is 2.34. The highest BCUT2D eigenvalue weighted by Gasteiger charge is 2.16. The standard InChI is InChI=1S/C18H14N6O2/c1-11-13(14-4-5-19-10-21-14)9-20-18-22-17(23-24(11)18)12-2-3-15-16(8-12)26-7-6-25-15/h2-5,8-10H,6-7H2,1H3. The van der Waals surface area contributed by atoms with Gasteiger partial charge in [-0.3, -0.25) is 0 Å². The Morgan fingerprint density at radius 2 is 1.92 bits per heavy atom. The second kappa shape index (κ2) is 5.76. The molecule has 0 radical (unpaired) electrons. The Labute approximate surface area is 148 Å². The normalized spacial score (nSPS) is 13.1. The minimum Gasteiger partial charge on any atom is -0.486 e. The van der Waals surface area contributed by atoms with Crippen LogP contribution in [0.15, 0.2) is 43.0 Å². The summed E-state index contributed by atoms with van der Waals surface area (Å²) < 4.78 is 12.9. The lowest BCUT2D eigenvalue weighted by atomic mass is 10.2. The molecule has 8 heteroatoms. The number of fused-ring (bicyclic) bond motifs is 2. The van der Waals surface area contributed by atoms with E-state index in [2.05, 4.69) is 25.0 Å². The number of aryl methyl sites for hydroxylation is 1. The molecule has 1 aliphatic heterocycles. The SMILES string of the molecule is Cc1c(-c2ccncn2)cnc2nc(-c3ccc4c(c3)OCCO4)nn12. The average molecular weight is 346 g/mol. The highest BCUT2D eigenvalue weighted by atomic mass is 16.6. The zero-order valence-corrected chi connectivity index (χ0v) is 14.0. The average Bonchev–Trinajstić information content (AvgIpc) is 3.14. The fraction of sp³-hybridized carbons (Fsp3) is 0.167. The fourth-order valence-corrected chi connectivity index (χ4v) is 2.95. The van der Waals surface area contributed by atoms with Crippen LogP contribution >= 0.6 is 0 Å². The van der Waals surface area contributed by atoms with Crippen LogP contribution in [0, 0.1) is 6.92 Å². The first-order valence-electron chi connectivity index (χ1n) is 8.18. The molecule has 0 spiro atoms. The van der Waals surface area contributed by atoms with Gasteiger partial charge in [-0.15, -0.1) is 5.10 Å². The van der Waals surface area contributed by atoms with Gasteiger partial charge in [0.25, 0.3) is 5.78 Å². The van der Waals surface area contributed by atoms with Gasteiger partial charge >= 0.3 is 0 Å². The lowest BCUT2D eigenvalue weighted by Gasteiger charge is -2.18. The molecule has 0 aliphatic carbocycles. The molecular formula is C18H14N6O2. The maximum Gasteiger partial charge on any atom is 0.252 e. The monoisotopic (exact) mass is 346 g/mol. The predicted molar refractivity (Wildman–Crippen MR) is 93.0 cm³/mol. The third-order valence-electron chi connectivity index (χ3n) is 4.26. The first-order chi connectivity index (χ1) is 12.8. The first kappa shape index (κ1) is 14.8. The van der Waals surface area contributed by atoms with Crippen molar-refractivity contribution < 1.29 is 9.47 Å². The van der Waals surface area contributed by atoms with E-state index in [9.17, 15) is 0 Å². The van der Waals surface area contributed by atoms with Crippen molar-refractivity contribution >= 4 is 5.78 Å². The van der Waals surface area contributed by atoms with Gasteiger partial charge in [-0.1, -0.05) is 0 Å². The molecule has 3 aromatic heterocycles. The van der Waals surface area contributed by atoms with Crippen molar-refractivity contribution in [3.05, 3.63) is 48.7 Å². The van der Waals surface area contributed by atoms with Crippen LogP contribution in [0.1, 0.15) is 5.69 Å². The van der Waals surface area contributed by atoms with Gasteiger partial charge in [0.2, 0.25) is 0 Å². The maximum absolute atomic E-state index is 5.64. The van der Waals surface area contributed by atoms with E-state index in [0.717, 1.165) is 28.3 Å². The molecule has 0 saturated heterocycles. The Morgan fingerprint density at radius 3 is 2.77 bits per heavy atom. The molecule has 0 bridgehead atoms. The van der Waals surface area contributed by atoms with Crippen LogP contribution in [0.3, 0.4) is 0 Å². The zero-order chi connectivity index (χ0) is 17.5. The van der Waals surface area contributed by atoms with Crippen molar-refractivity contribution in [1.82, 2.24) is 29.5 Å². The van der Waals surface area contributed by atoms with Crippen LogP contribution in [0.5, 0.6) is 11.5 Å². The van der Waals surface area contributed by atoms with E-state index in [-0.39, 0.29) is 0 Å². The van der Waals surface area contributed by atoms with Gasteiger partial charge < -0.3 is 9.47 Å². The van der Waals surface area contributed by atoms with E-state index in [1.165, 1.54) is 6.33 Å². The highest BCUT2D eigenvalue weighted by molar-refractivity contribution is 5.65. The van der Waals surface area contributed by atoms with E-state index in [4.69, 9.17) is 9.47 Å². The second-order valence-electron chi connectivity index (χ2n) is 5.86. The van der Waals surface area contributed by atoms with Gasteiger partial charge in [-0.2, -0.15) is 4.98 Å². The Balaban J connectivity index is 1.61. The van der Waals surface area contributed by atoms with Gasteiger partial charge in [-0.05, 0) is 31.2 Å². The minimum absolute atomic E-state index is 0.533. The molecule has 0 saturated carbocycles. The molecule has 1 aromatic carbocycles. The van der Waals surface area contributed by atoms with E-state index in [0.29, 0.717) is 30.6 Å². The summed E-state index contributed by atoms with van der Waals surface area (Å²) in [5, 5.41) is 4.62. The molecule has 0 atom stereocenters. The number of ether oxygens (including phenoxy) is 2. The van der Waals surface area contributed by atoms with Crippen molar-refractivity contribution in [2.24, 2.45) is 0 Å². The maximum atomic E-state index is 5.64. The number of nitrogens with zero attached hydrogens (tertiary/aromatic N) is 6. The van der Waals surface area contributed by atoms with Crippen LogP contribution in [-0.4, -0.2) is 42.8 Å². The van der Waals surface area contributed by atoms with Gasteiger partial charge in [0, 0.05) is 23.5 Å². The minimum atomic E-state index is 0.533. The van der Waals surface area contributed by atoms with Crippen LogP contribution in [-0.2, 0) is 0 Å². The van der Waals surface area contributed by atoms with Gasteiger partial charge in [0.15, 0.2) is 17.3 Å². The van der Waals surface area contributed by atoms with Gasteiger partial charge in [-0.25, -0.2) is 19.5 Å². The van der Waals surface area contributed by atoms with Crippen molar-refractivity contribution in [1.29, 1.82) is 0 Å². The molecule has 1 aliphatic rings. The molecule has 8 nitrogen and oxygen atoms in total.